The van der Waals surface area contributed by atoms with Gasteiger partial charge < -0.3 is 9.11 Å². The second-order valence-electron chi connectivity index (χ2n) is 8.95. The summed E-state index contributed by atoms with van der Waals surface area (Å²) in [7, 11) is -5.17. The molecule has 45 heavy (non-hydrogen) atoms. The van der Waals surface area contributed by atoms with Gasteiger partial charge in [0.05, 0.1) is 20.1 Å². The van der Waals surface area contributed by atoms with E-state index in [9.17, 15) is 19.2 Å². The van der Waals surface area contributed by atoms with E-state index in [0.717, 1.165) is 0 Å². The Morgan fingerprint density at radius 3 is 1.04 bits per heavy atom. The van der Waals surface area contributed by atoms with E-state index >= 15 is 0 Å². The molecule has 0 aliphatic heterocycles. The van der Waals surface area contributed by atoms with Crippen molar-refractivity contribution in [3.63, 3.8) is 0 Å². The smallest absolute Gasteiger partial charge is 0.396 e. The third-order valence-corrected chi connectivity index (χ3v) is 7.79. The van der Waals surface area contributed by atoms with Crippen molar-refractivity contribution in [1.29, 1.82) is 10.8 Å². The Labute approximate surface area is 272 Å². The highest BCUT2D eigenvalue weighted by Crippen LogP contribution is 2.38. The lowest BCUT2D eigenvalue weighted by Gasteiger charge is -2.16. The summed E-state index contributed by atoms with van der Waals surface area (Å²) in [4.78, 5) is 55.9. The molecule has 0 fully saturated rings. The predicted molar refractivity (Wildman–Crippen MR) is 160 cm³/mol. The van der Waals surface area contributed by atoms with Crippen molar-refractivity contribution in [2.75, 3.05) is 0 Å². The zero-order valence-corrected chi connectivity index (χ0v) is 25.6. The molecule has 0 radical (unpaired) electrons. The van der Waals surface area contributed by atoms with Gasteiger partial charge in [-0.15, -0.1) is 0 Å². The zero-order valence-electron chi connectivity index (χ0n) is 21.7. The third-order valence-electron chi connectivity index (χ3n) is 6.34. The minimum absolute atomic E-state index is 0.0533. The van der Waals surface area contributed by atoms with E-state index in [1.165, 1.54) is 48.5 Å². The van der Waals surface area contributed by atoms with Crippen molar-refractivity contribution in [2.24, 2.45) is 0 Å². The summed E-state index contributed by atoms with van der Waals surface area (Å²) in [5.41, 5.74) is 1.36. The number of nitrogens with zero attached hydrogens (tertiary/aromatic N) is 4. The Hall–Kier alpha value is -4.57. The van der Waals surface area contributed by atoms with Gasteiger partial charge >= 0.3 is 11.4 Å². The molecule has 17 heteroatoms. The minimum atomic E-state index is -5.17. The standard InChI is InChI=1S/2C14H5Cl2N2O2.H2O4S/c2*15-9-4-7-8(5-10(9)16)14(20)12-6(13(7)19)2-1-3-11(12)18-17;1-5(2,3)4/h2*1-5H;(H2,1,2,3,4)/q2*+1;/p-2. The maximum Gasteiger partial charge on any atom is 0.396 e. The largest absolute Gasteiger partial charge is 0.759 e. The summed E-state index contributed by atoms with van der Waals surface area (Å²) < 4.78 is 34.1. The van der Waals surface area contributed by atoms with Crippen LogP contribution in [-0.4, -0.2) is 40.7 Å². The highest BCUT2D eigenvalue weighted by atomic mass is 35.5. The molecule has 0 bridgehead atoms. The number of ketones is 4. The molecule has 0 heterocycles. The van der Waals surface area contributed by atoms with E-state index in [4.69, 9.17) is 74.7 Å². The number of carbonyl (C=O) groups is 4. The summed E-state index contributed by atoms with van der Waals surface area (Å²) in [5.74, 6) is -1.53. The van der Waals surface area contributed by atoms with Crippen LogP contribution in [-0.2, 0) is 10.4 Å². The number of hydrogen-bond donors (Lipinski definition) is 0. The average Bonchev–Trinajstić information content (AvgIpc) is 2.99. The van der Waals surface area contributed by atoms with Crippen molar-refractivity contribution in [3.05, 3.63) is 135 Å². The van der Waals surface area contributed by atoms with Crippen LogP contribution < -0.4 is 0 Å². The van der Waals surface area contributed by atoms with Gasteiger partial charge in [-0.3, -0.25) is 27.6 Å². The van der Waals surface area contributed by atoms with Crippen LogP contribution in [0.1, 0.15) is 63.7 Å². The molecule has 0 N–H and O–H groups in total. The van der Waals surface area contributed by atoms with Crippen LogP contribution in [0.25, 0.3) is 9.95 Å². The monoisotopic (exact) mass is 702 g/mol. The fourth-order valence-corrected chi connectivity index (χ4v) is 5.16. The minimum Gasteiger partial charge on any atom is -0.759 e. The number of benzene rings is 4. The van der Waals surface area contributed by atoms with Gasteiger partial charge in [0.25, 0.3) is 0 Å². The molecule has 0 amide bonds. The van der Waals surface area contributed by atoms with Gasteiger partial charge in [0.15, 0.2) is 21.5 Å². The molecule has 0 aromatic heterocycles. The Morgan fingerprint density at radius 2 is 0.778 bits per heavy atom. The van der Waals surface area contributed by atoms with Gasteiger partial charge in [-0.1, -0.05) is 58.5 Å². The first-order chi connectivity index (χ1) is 21.1. The molecule has 2 aliphatic carbocycles. The lowest BCUT2D eigenvalue weighted by atomic mass is 9.83. The average molecular weight is 704 g/mol. The maximum atomic E-state index is 12.5. The third kappa shape index (κ3) is 6.61. The van der Waals surface area contributed by atoms with Crippen LogP contribution >= 0.6 is 46.4 Å². The van der Waals surface area contributed by atoms with Gasteiger partial charge in [-0.25, -0.2) is 0 Å². The van der Waals surface area contributed by atoms with Crippen molar-refractivity contribution >= 4 is 91.3 Å². The van der Waals surface area contributed by atoms with Crippen molar-refractivity contribution in [2.45, 2.75) is 0 Å². The Morgan fingerprint density at radius 1 is 0.511 bits per heavy atom. The number of rotatable bonds is 0. The number of carbonyl (C=O) groups excluding carboxylic acids is 4. The van der Waals surface area contributed by atoms with Crippen LogP contribution in [0.2, 0.25) is 20.1 Å². The van der Waals surface area contributed by atoms with Crippen molar-refractivity contribution in [1.82, 2.24) is 0 Å². The molecular formula is C28H10Cl4N4O8S. The maximum absolute atomic E-state index is 12.5. The second kappa shape index (κ2) is 12.8. The van der Waals surface area contributed by atoms with Gasteiger partial charge in [0.2, 0.25) is 22.4 Å². The molecule has 224 valence electrons. The Kier molecular flexibility index (Phi) is 9.48. The molecule has 4 aromatic carbocycles. The number of halogens is 4. The molecule has 2 aliphatic rings. The molecule has 4 aromatic rings. The Bertz CT molecular complexity index is 2060. The molecular weight excluding hydrogens is 694 g/mol. The fourth-order valence-electron chi connectivity index (χ4n) is 4.51. The highest BCUT2D eigenvalue weighted by Gasteiger charge is 2.37. The topological polar surface area (TPSA) is 205 Å². The molecule has 0 spiro atoms. The molecule has 0 saturated heterocycles. The summed E-state index contributed by atoms with van der Waals surface area (Å²) in [5, 5.41) is 18.7. The van der Waals surface area contributed by atoms with Crippen LogP contribution in [0, 0.1) is 10.8 Å². The second-order valence-corrected chi connectivity index (χ2v) is 11.4. The summed E-state index contributed by atoms with van der Waals surface area (Å²) in [6.45, 7) is 0. The van der Waals surface area contributed by atoms with Crippen molar-refractivity contribution in [3.8, 4) is 0 Å². The zero-order chi connectivity index (χ0) is 33.4. The molecule has 0 unspecified atom stereocenters. The van der Waals surface area contributed by atoms with Gasteiger partial charge in [-0.05, 0) is 36.4 Å². The van der Waals surface area contributed by atoms with Crippen molar-refractivity contribution < 1.29 is 36.7 Å². The fraction of sp³-hybridized carbons (Fsp3) is 0. The van der Waals surface area contributed by atoms with Gasteiger partial charge in [-0.2, -0.15) is 0 Å². The summed E-state index contributed by atoms with van der Waals surface area (Å²) in [6.07, 6.45) is 0. The lowest BCUT2D eigenvalue weighted by molar-refractivity contribution is 0.0980. The predicted octanol–water partition coefficient (Wildman–Crippen LogP) is 7.17. The first kappa shape index (κ1) is 33.3. The number of diazo groups is 2. The van der Waals surface area contributed by atoms with Crippen LogP contribution in [0.4, 0.5) is 11.4 Å². The van der Waals surface area contributed by atoms with E-state index < -0.39 is 22.0 Å². The summed E-state index contributed by atoms with van der Waals surface area (Å²) >= 11 is 23.6. The van der Waals surface area contributed by atoms with Gasteiger partial charge in [0, 0.05) is 55.9 Å². The SMILES string of the molecule is N#[N+]c1cccc2c1C(=O)c1cc(Cl)c(Cl)cc1C2=O.N#[N+]c1cccc2c1C(=O)c1cc(Cl)c(Cl)cc1C2=O.O=S(=O)([O-])[O-]. The van der Waals surface area contributed by atoms with E-state index in [-0.39, 0.29) is 87.5 Å². The van der Waals surface area contributed by atoms with E-state index in [0.29, 0.717) is 0 Å². The highest BCUT2D eigenvalue weighted by molar-refractivity contribution is 7.79. The van der Waals surface area contributed by atoms with Crippen LogP contribution in [0.15, 0.2) is 60.7 Å². The van der Waals surface area contributed by atoms with Crippen LogP contribution in [0.5, 0.6) is 0 Å². The molecule has 12 nitrogen and oxygen atoms in total. The molecule has 0 atom stereocenters. The van der Waals surface area contributed by atoms with E-state index in [1.54, 1.807) is 12.1 Å². The first-order valence-electron chi connectivity index (χ1n) is 11.9. The quantitative estimate of drug-likeness (QED) is 0.0885. The first-order valence-corrected chi connectivity index (χ1v) is 14.7. The van der Waals surface area contributed by atoms with E-state index in [2.05, 4.69) is 9.95 Å². The van der Waals surface area contributed by atoms with Crippen LogP contribution in [0.3, 0.4) is 0 Å². The number of hydrogen-bond acceptors (Lipinski definition) is 10. The molecule has 0 saturated carbocycles. The Balaban J connectivity index is 0.000000179. The van der Waals surface area contributed by atoms with Gasteiger partial charge in [0.1, 0.15) is 11.1 Å². The van der Waals surface area contributed by atoms with E-state index in [1.807, 2.05) is 0 Å². The molecule has 6 rings (SSSR count). The normalized spacial score (nSPS) is 12.5. The lowest BCUT2D eigenvalue weighted by Crippen LogP contribution is -2.21. The number of fused-ring (bicyclic) bond motifs is 4. The summed E-state index contributed by atoms with van der Waals surface area (Å²) in [6, 6.07) is 14.5.